The summed E-state index contributed by atoms with van der Waals surface area (Å²) in [6.07, 6.45) is 12.9. The van der Waals surface area contributed by atoms with Gasteiger partial charge in [0.1, 0.15) is 12.2 Å². The Balaban J connectivity index is 1.58. The van der Waals surface area contributed by atoms with E-state index in [4.69, 9.17) is 9.47 Å². The van der Waals surface area contributed by atoms with E-state index in [1.54, 1.807) is 13.8 Å². The molecule has 35 heavy (non-hydrogen) atoms. The Hall–Kier alpha value is -1.32. The van der Waals surface area contributed by atoms with E-state index in [9.17, 15) is 9.59 Å². The maximum Gasteiger partial charge on any atom is 0.303 e. The van der Waals surface area contributed by atoms with Gasteiger partial charge >= 0.3 is 11.9 Å². The molecule has 0 N–H and O–H groups in total. The number of carbonyl (C=O) groups excluding carboxylic acids is 2. The van der Waals surface area contributed by atoms with Crippen molar-refractivity contribution in [1.29, 1.82) is 0 Å². The van der Waals surface area contributed by atoms with Crippen LogP contribution in [0.1, 0.15) is 119 Å². The Labute approximate surface area is 214 Å². The van der Waals surface area contributed by atoms with Crippen LogP contribution in [-0.4, -0.2) is 24.1 Å². The molecule has 0 radical (unpaired) electrons. The lowest BCUT2D eigenvalue weighted by molar-refractivity contribution is -0.158. The van der Waals surface area contributed by atoms with Gasteiger partial charge in [0.05, 0.1) is 0 Å². The van der Waals surface area contributed by atoms with Gasteiger partial charge < -0.3 is 9.47 Å². The van der Waals surface area contributed by atoms with Crippen LogP contribution in [-0.2, 0) is 19.1 Å². The van der Waals surface area contributed by atoms with Crippen molar-refractivity contribution in [3.63, 3.8) is 0 Å². The van der Waals surface area contributed by atoms with Gasteiger partial charge in [-0.15, -0.1) is 0 Å². The Morgan fingerprint density at radius 2 is 1.63 bits per heavy atom. The summed E-state index contributed by atoms with van der Waals surface area (Å²) in [6.45, 7) is 15.1. The number of fused-ring (bicyclic) bond motifs is 5. The smallest absolute Gasteiger partial charge is 0.303 e. The Morgan fingerprint density at radius 1 is 0.914 bits per heavy atom. The van der Waals surface area contributed by atoms with Crippen LogP contribution in [0.2, 0.25) is 0 Å². The van der Waals surface area contributed by atoms with Crippen molar-refractivity contribution >= 4 is 11.9 Å². The highest BCUT2D eigenvalue weighted by Gasteiger charge is 2.61. The van der Waals surface area contributed by atoms with Crippen LogP contribution in [0.4, 0.5) is 0 Å². The molecule has 4 saturated carbocycles. The molecule has 4 heteroatoms. The molecule has 4 rings (SSSR count). The molecule has 0 aliphatic heterocycles. The van der Waals surface area contributed by atoms with E-state index in [1.165, 1.54) is 56.1 Å². The fraction of sp³-hybridized carbons (Fsp3) is 0.871. The predicted molar refractivity (Wildman–Crippen MR) is 140 cm³/mol. The Bertz CT molecular complexity index is 843. The van der Waals surface area contributed by atoms with Gasteiger partial charge in [-0.05, 0) is 117 Å². The number of allylic oxidation sites excluding steroid dienone is 1. The average Bonchev–Trinajstić information content (AvgIpc) is 3.04. The predicted octanol–water partition coefficient (Wildman–Crippen LogP) is 7.65. The summed E-state index contributed by atoms with van der Waals surface area (Å²) in [5, 5.41) is 0. The first-order chi connectivity index (χ1) is 16.5. The van der Waals surface area contributed by atoms with Gasteiger partial charge in [-0.1, -0.05) is 39.7 Å². The molecule has 0 aromatic heterocycles. The topological polar surface area (TPSA) is 52.6 Å². The fourth-order valence-corrected chi connectivity index (χ4v) is 9.35. The molecule has 0 unspecified atom stereocenters. The van der Waals surface area contributed by atoms with Crippen LogP contribution >= 0.6 is 0 Å². The highest BCUT2D eigenvalue weighted by atomic mass is 16.5. The molecule has 0 aromatic carbocycles. The Morgan fingerprint density at radius 3 is 2.29 bits per heavy atom. The second-order valence-corrected chi connectivity index (χ2v) is 13.4. The first-order valence-corrected chi connectivity index (χ1v) is 14.5. The SMILES string of the molecule is CC(=O)O[C@H]1CC[C@@]2(C)[C@@H](CC[C@@H]3[C@@H]2CC[C@]2(C)/C(=C(/C)CCCC(C)C)[C@@H](OC(C)=O)C[C@@H]32)C1. The first kappa shape index (κ1) is 26.7. The summed E-state index contributed by atoms with van der Waals surface area (Å²) in [7, 11) is 0. The third-order valence-corrected chi connectivity index (χ3v) is 10.8. The normalized spacial score (nSPS) is 42.1. The Kier molecular flexibility index (Phi) is 7.80. The third kappa shape index (κ3) is 5.10. The van der Waals surface area contributed by atoms with Crippen molar-refractivity contribution < 1.29 is 19.1 Å². The van der Waals surface area contributed by atoms with Gasteiger partial charge in [0.25, 0.3) is 0 Å². The molecule has 0 spiro atoms. The zero-order chi connectivity index (χ0) is 25.5. The van der Waals surface area contributed by atoms with Crippen molar-refractivity contribution in [3.8, 4) is 0 Å². The molecule has 0 amide bonds. The first-order valence-electron chi connectivity index (χ1n) is 14.5. The summed E-state index contributed by atoms with van der Waals surface area (Å²) in [5.74, 6) is 3.16. The molecule has 198 valence electrons. The lowest BCUT2D eigenvalue weighted by Crippen LogP contribution is -2.53. The zero-order valence-corrected chi connectivity index (χ0v) is 23.5. The van der Waals surface area contributed by atoms with Gasteiger partial charge in [0, 0.05) is 13.8 Å². The van der Waals surface area contributed by atoms with Crippen molar-refractivity contribution in [1.82, 2.24) is 0 Å². The lowest BCUT2D eigenvalue weighted by Gasteiger charge is -2.60. The summed E-state index contributed by atoms with van der Waals surface area (Å²) in [6, 6.07) is 0. The summed E-state index contributed by atoms with van der Waals surface area (Å²) >= 11 is 0. The number of ether oxygens (including phenoxy) is 2. The van der Waals surface area contributed by atoms with Crippen LogP contribution in [0.15, 0.2) is 11.1 Å². The average molecular weight is 487 g/mol. The van der Waals surface area contributed by atoms with Gasteiger partial charge in [-0.3, -0.25) is 9.59 Å². The second kappa shape index (κ2) is 10.2. The molecular formula is C31H50O4. The van der Waals surface area contributed by atoms with Crippen molar-refractivity contribution in [2.75, 3.05) is 0 Å². The van der Waals surface area contributed by atoms with E-state index in [0.29, 0.717) is 23.2 Å². The van der Waals surface area contributed by atoms with E-state index in [1.807, 2.05) is 0 Å². The second-order valence-electron chi connectivity index (χ2n) is 13.4. The van der Waals surface area contributed by atoms with Gasteiger partial charge in [0.15, 0.2) is 0 Å². The minimum absolute atomic E-state index is 0.0365. The van der Waals surface area contributed by atoms with E-state index < -0.39 is 0 Å². The fourth-order valence-electron chi connectivity index (χ4n) is 9.35. The number of hydrogen-bond acceptors (Lipinski definition) is 4. The quantitative estimate of drug-likeness (QED) is 0.286. The van der Waals surface area contributed by atoms with E-state index in [2.05, 4.69) is 34.6 Å². The van der Waals surface area contributed by atoms with Crippen LogP contribution in [0.3, 0.4) is 0 Å². The third-order valence-electron chi connectivity index (χ3n) is 10.8. The molecule has 4 fully saturated rings. The maximum absolute atomic E-state index is 12.1. The zero-order valence-electron chi connectivity index (χ0n) is 23.5. The summed E-state index contributed by atoms with van der Waals surface area (Å²) in [4.78, 5) is 23.7. The minimum atomic E-state index is -0.138. The molecule has 0 saturated heterocycles. The van der Waals surface area contributed by atoms with Crippen molar-refractivity contribution in [2.45, 2.75) is 131 Å². The minimum Gasteiger partial charge on any atom is -0.463 e. The van der Waals surface area contributed by atoms with Crippen LogP contribution in [0.5, 0.6) is 0 Å². The number of hydrogen-bond donors (Lipinski definition) is 0. The van der Waals surface area contributed by atoms with Crippen LogP contribution in [0, 0.1) is 40.4 Å². The lowest BCUT2D eigenvalue weighted by atomic mass is 9.45. The molecule has 0 bridgehead atoms. The van der Waals surface area contributed by atoms with Crippen LogP contribution < -0.4 is 0 Å². The standard InChI is InChI=1S/C31H50O4/c1-19(2)9-8-10-20(3)29-28(35-22(5)33)18-27-25-12-11-23-17-24(34-21(4)32)13-15-30(23,6)26(25)14-16-31(27,29)7/h19,23-28H,8-18H2,1-7H3/b29-20-/t23-,24-,25+,26-,27-,28-,30-,31-/m0/s1. The number of carbonyl (C=O) groups is 2. The van der Waals surface area contributed by atoms with Gasteiger partial charge in [0.2, 0.25) is 0 Å². The molecule has 4 aliphatic carbocycles. The molecule has 4 aliphatic rings. The number of rotatable bonds is 6. The maximum atomic E-state index is 12.1. The van der Waals surface area contributed by atoms with Crippen LogP contribution in [0.25, 0.3) is 0 Å². The highest BCUT2D eigenvalue weighted by molar-refractivity contribution is 5.67. The molecule has 0 aromatic rings. The van der Waals surface area contributed by atoms with E-state index in [0.717, 1.165) is 37.5 Å². The monoisotopic (exact) mass is 486 g/mol. The van der Waals surface area contributed by atoms with Gasteiger partial charge in [-0.25, -0.2) is 0 Å². The summed E-state index contributed by atoms with van der Waals surface area (Å²) < 4.78 is 11.7. The van der Waals surface area contributed by atoms with E-state index in [-0.39, 0.29) is 29.6 Å². The van der Waals surface area contributed by atoms with Gasteiger partial charge in [-0.2, -0.15) is 0 Å². The molecular weight excluding hydrogens is 436 g/mol. The largest absolute Gasteiger partial charge is 0.463 e. The molecule has 8 atom stereocenters. The highest BCUT2D eigenvalue weighted by Crippen LogP contribution is 2.68. The molecule has 4 nitrogen and oxygen atoms in total. The number of esters is 2. The van der Waals surface area contributed by atoms with Crippen molar-refractivity contribution in [3.05, 3.63) is 11.1 Å². The summed E-state index contributed by atoms with van der Waals surface area (Å²) in [5.41, 5.74) is 3.46. The van der Waals surface area contributed by atoms with Crippen molar-refractivity contribution in [2.24, 2.45) is 40.4 Å². The van der Waals surface area contributed by atoms with E-state index >= 15 is 0 Å². The molecule has 0 heterocycles.